The number of nitrogens with two attached hydrogens (primary N) is 1. The number of methoxy groups -OCH3 is 1. The Kier molecular flexibility index (Phi) is 4.24. The maximum Gasteiger partial charge on any atom is 0.255 e. The highest BCUT2D eigenvalue weighted by atomic mass is 79.9. The van der Waals surface area contributed by atoms with Gasteiger partial charge in [0.1, 0.15) is 11.6 Å². The van der Waals surface area contributed by atoms with Crippen molar-refractivity contribution >= 4 is 33.2 Å². The van der Waals surface area contributed by atoms with Crippen LogP contribution in [0.1, 0.15) is 10.4 Å². The maximum absolute atomic E-state index is 13.6. The molecule has 6 heteroatoms. The Morgan fingerprint density at radius 1 is 1.30 bits per heavy atom. The normalized spacial score (nSPS) is 10.2. The third-order valence-electron chi connectivity index (χ3n) is 2.67. The predicted molar refractivity (Wildman–Crippen MR) is 79.5 cm³/mol. The van der Waals surface area contributed by atoms with Gasteiger partial charge in [0.15, 0.2) is 0 Å². The molecule has 1 amide bonds. The van der Waals surface area contributed by atoms with Crippen LogP contribution in [0.4, 0.5) is 15.8 Å². The zero-order chi connectivity index (χ0) is 14.7. The number of ether oxygens (including phenoxy) is 1. The van der Waals surface area contributed by atoms with Gasteiger partial charge in [0, 0.05) is 10.0 Å². The SMILES string of the molecule is COc1cc(C(=O)Nc2ccc(Br)cc2F)ccc1N. The summed E-state index contributed by atoms with van der Waals surface area (Å²) in [4.78, 5) is 12.0. The minimum absolute atomic E-state index is 0.106. The monoisotopic (exact) mass is 338 g/mol. The Morgan fingerprint density at radius 3 is 2.70 bits per heavy atom. The largest absolute Gasteiger partial charge is 0.495 e. The molecule has 0 saturated carbocycles. The maximum atomic E-state index is 13.6. The lowest BCUT2D eigenvalue weighted by atomic mass is 10.1. The van der Waals surface area contributed by atoms with Gasteiger partial charge in [-0.05, 0) is 36.4 Å². The van der Waals surface area contributed by atoms with Gasteiger partial charge >= 0.3 is 0 Å². The molecule has 0 unspecified atom stereocenters. The average molecular weight is 339 g/mol. The molecule has 2 aromatic carbocycles. The molecule has 0 fully saturated rings. The zero-order valence-electron chi connectivity index (χ0n) is 10.6. The van der Waals surface area contributed by atoms with E-state index in [0.717, 1.165) is 0 Å². The summed E-state index contributed by atoms with van der Waals surface area (Å²) in [5, 5.41) is 2.49. The Morgan fingerprint density at radius 2 is 2.05 bits per heavy atom. The number of benzene rings is 2. The predicted octanol–water partition coefficient (Wildman–Crippen LogP) is 3.43. The van der Waals surface area contributed by atoms with E-state index in [1.807, 2.05) is 0 Å². The van der Waals surface area contributed by atoms with Gasteiger partial charge in [-0.1, -0.05) is 15.9 Å². The van der Waals surface area contributed by atoms with E-state index < -0.39 is 11.7 Å². The van der Waals surface area contributed by atoms with Crippen molar-refractivity contribution in [3.05, 3.63) is 52.3 Å². The molecule has 4 nitrogen and oxygen atoms in total. The molecule has 20 heavy (non-hydrogen) atoms. The van der Waals surface area contributed by atoms with Crippen molar-refractivity contribution in [3.63, 3.8) is 0 Å². The molecule has 0 atom stereocenters. The Hall–Kier alpha value is -2.08. The van der Waals surface area contributed by atoms with Crippen molar-refractivity contribution in [2.24, 2.45) is 0 Å². The lowest BCUT2D eigenvalue weighted by Gasteiger charge is -2.09. The van der Waals surface area contributed by atoms with Gasteiger partial charge in [-0.3, -0.25) is 4.79 Å². The van der Waals surface area contributed by atoms with Crippen LogP contribution in [0.3, 0.4) is 0 Å². The van der Waals surface area contributed by atoms with Crippen LogP contribution in [0.5, 0.6) is 5.75 Å². The van der Waals surface area contributed by atoms with E-state index in [9.17, 15) is 9.18 Å². The average Bonchev–Trinajstić information content (AvgIpc) is 2.42. The minimum Gasteiger partial charge on any atom is -0.495 e. The van der Waals surface area contributed by atoms with Gasteiger partial charge in [0.2, 0.25) is 0 Å². The number of nitrogens with one attached hydrogen (secondary N) is 1. The van der Waals surface area contributed by atoms with Crippen LogP contribution < -0.4 is 15.8 Å². The minimum atomic E-state index is -0.518. The second-order valence-corrected chi connectivity index (χ2v) is 4.95. The number of nitrogen functional groups attached to an aromatic ring is 1. The van der Waals surface area contributed by atoms with E-state index in [2.05, 4.69) is 21.2 Å². The van der Waals surface area contributed by atoms with E-state index in [0.29, 0.717) is 21.5 Å². The molecule has 0 radical (unpaired) electrons. The topological polar surface area (TPSA) is 64.3 Å². The molecule has 2 aromatic rings. The van der Waals surface area contributed by atoms with Crippen molar-refractivity contribution in [1.82, 2.24) is 0 Å². The fraction of sp³-hybridized carbons (Fsp3) is 0.0714. The quantitative estimate of drug-likeness (QED) is 0.842. The van der Waals surface area contributed by atoms with Crippen LogP contribution in [0.25, 0.3) is 0 Å². The van der Waals surface area contributed by atoms with Crippen molar-refractivity contribution in [2.45, 2.75) is 0 Å². The number of halogens is 2. The van der Waals surface area contributed by atoms with E-state index in [4.69, 9.17) is 10.5 Å². The molecule has 0 aliphatic rings. The summed E-state index contributed by atoms with van der Waals surface area (Å²) in [5.41, 5.74) is 6.54. The first kappa shape index (κ1) is 14.3. The number of hydrogen-bond acceptors (Lipinski definition) is 3. The van der Waals surface area contributed by atoms with E-state index >= 15 is 0 Å². The summed E-state index contributed by atoms with van der Waals surface area (Å²) in [6, 6.07) is 9.00. The first-order chi connectivity index (χ1) is 9.51. The molecule has 0 saturated heterocycles. The van der Waals surface area contributed by atoms with Crippen LogP contribution in [0, 0.1) is 5.82 Å². The zero-order valence-corrected chi connectivity index (χ0v) is 12.2. The number of anilines is 2. The van der Waals surface area contributed by atoms with Crippen molar-refractivity contribution < 1.29 is 13.9 Å². The van der Waals surface area contributed by atoms with E-state index in [-0.39, 0.29) is 5.69 Å². The van der Waals surface area contributed by atoms with Gasteiger partial charge in [0.25, 0.3) is 5.91 Å². The summed E-state index contributed by atoms with van der Waals surface area (Å²) in [6.45, 7) is 0. The Balaban J connectivity index is 2.24. The molecule has 3 N–H and O–H groups in total. The summed E-state index contributed by atoms with van der Waals surface area (Å²) in [7, 11) is 1.46. The van der Waals surface area contributed by atoms with Gasteiger partial charge in [-0.25, -0.2) is 4.39 Å². The van der Waals surface area contributed by atoms with Crippen LogP contribution in [-0.4, -0.2) is 13.0 Å². The molecular weight excluding hydrogens is 327 g/mol. The fourth-order valence-corrected chi connectivity index (χ4v) is 1.97. The first-order valence-corrected chi connectivity index (χ1v) is 6.50. The molecular formula is C14H12BrFN2O2. The summed E-state index contributed by atoms with van der Waals surface area (Å²) in [6.07, 6.45) is 0. The molecule has 104 valence electrons. The summed E-state index contributed by atoms with van der Waals surface area (Å²) < 4.78 is 19.3. The third-order valence-corrected chi connectivity index (χ3v) is 3.17. The number of carbonyl (C=O) groups excluding carboxylic acids is 1. The van der Waals surface area contributed by atoms with E-state index in [1.54, 1.807) is 18.2 Å². The smallest absolute Gasteiger partial charge is 0.255 e. The summed E-state index contributed by atoms with van der Waals surface area (Å²) in [5.74, 6) is -0.561. The summed E-state index contributed by atoms with van der Waals surface area (Å²) >= 11 is 3.15. The number of amides is 1. The molecule has 0 heterocycles. The highest BCUT2D eigenvalue weighted by molar-refractivity contribution is 9.10. The Bertz CT molecular complexity index is 662. The number of carbonyl (C=O) groups is 1. The molecule has 0 aliphatic heterocycles. The fourth-order valence-electron chi connectivity index (χ4n) is 1.64. The van der Waals surface area contributed by atoms with Crippen molar-refractivity contribution in [2.75, 3.05) is 18.2 Å². The lowest BCUT2D eigenvalue weighted by Crippen LogP contribution is -2.13. The second kappa shape index (κ2) is 5.92. The van der Waals surface area contributed by atoms with Crippen molar-refractivity contribution in [1.29, 1.82) is 0 Å². The van der Waals surface area contributed by atoms with Gasteiger partial charge in [-0.2, -0.15) is 0 Å². The first-order valence-electron chi connectivity index (χ1n) is 5.71. The molecule has 0 aromatic heterocycles. The molecule has 2 rings (SSSR count). The number of rotatable bonds is 3. The van der Waals surface area contributed by atoms with Gasteiger partial charge in [0.05, 0.1) is 18.5 Å². The van der Waals surface area contributed by atoms with Crippen LogP contribution in [-0.2, 0) is 0 Å². The standard InChI is InChI=1S/C14H12BrFN2O2/c1-20-13-6-8(2-4-11(13)17)14(19)18-12-5-3-9(15)7-10(12)16/h2-7H,17H2,1H3,(H,18,19). The highest BCUT2D eigenvalue weighted by Crippen LogP contribution is 2.24. The Labute approximate surface area is 123 Å². The second-order valence-electron chi connectivity index (χ2n) is 4.04. The van der Waals surface area contributed by atoms with Crippen LogP contribution >= 0.6 is 15.9 Å². The van der Waals surface area contributed by atoms with Crippen LogP contribution in [0.2, 0.25) is 0 Å². The third kappa shape index (κ3) is 3.08. The molecule has 0 spiro atoms. The highest BCUT2D eigenvalue weighted by Gasteiger charge is 2.11. The molecule has 0 bridgehead atoms. The van der Waals surface area contributed by atoms with Gasteiger partial charge < -0.3 is 15.8 Å². The molecule has 0 aliphatic carbocycles. The van der Waals surface area contributed by atoms with Crippen molar-refractivity contribution in [3.8, 4) is 5.75 Å². The van der Waals surface area contributed by atoms with E-state index in [1.165, 1.54) is 25.3 Å². The van der Waals surface area contributed by atoms with Gasteiger partial charge in [-0.15, -0.1) is 0 Å². The van der Waals surface area contributed by atoms with Crippen LogP contribution in [0.15, 0.2) is 40.9 Å². The number of hydrogen-bond donors (Lipinski definition) is 2. The lowest BCUT2D eigenvalue weighted by molar-refractivity contribution is 0.102.